The zero-order chi connectivity index (χ0) is 12.1. The second-order valence-corrected chi connectivity index (χ2v) is 10.8. The zero-order valence-corrected chi connectivity index (χ0v) is 12.8. The summed E-state index contributed by atoms with van der Waals surface area (Å²) in [6, 6.07) is 0. The quantitative estimate of drug-likeness (QED) is 0.646. The fraction of sp³-hybridized carbons (Fsp3) is 1.00. The van der Waals surface area contributed by atoms with Crippen LogP contribution in [-0.2, 0) is 4.52 Å². The summed E-state index contributed by atoms with van der Waals surface area (Å²) in [6.45, 7) is 2.42. The number of hydrogen-bond donors (Lipinski definition) is 0. The maximum atomic E-state index is 6.30. The van der Waals surface area contributed by atoms with Crippen molar-refractivity contribution in [1.29, 1.82) is 0 Å². The van der Waals surface area contributed by atoms with Crippen LogP contribution in [0.1, 0.15) is 71.1 Å². The molecule has 1 nitrogen and oxygen atoms in total. The minimum atomic E-state index is -1.44. The Balaban J connectivity index is 2.10. The summed E-state index contributed by atoms with van der Waals surface area (Å²) in [5, 5.41) is 0. The van der Waals surface area contributed by atoms with Crippen LogP contribution in [0.2, 0.25) is 0 Å². The maximum absolute atomic E-state index is 6.30. The first-order chi connectivity index (χ1) is 8.33. The van der Waals surface area contributed by atoms with Crippen LogP contribution in [0.15, 0.2) is 0 Å². The van der Waals surface area contributed by atoms with Gasteiger partial charge in [0.15, 0.2) is 0 Å². The molecular formula is C15H31OP. The minimum absolute atomic E-state index is 0.981. The van der Waals surface area contributed by atoms with E-state index in [4.69, 9.17) is 4.52 Å². The van der Waals surface area contributed by atoms with Gasteiger partial charge in [0.25, 0.3) is 0 Å². The molecule has 0 unspecified atom stereocenters. The Morgan fingerprint density at radius 1 is 0.824 bits per heavy atom. The van der Waals surface area contributed by atoms with Gasteiger partial charge < -0.3 is 0 Å². The molecule has 0 aromatic heterocycles. The molecule has 0 atom stereocenters. The molecule has 2 saturated carbocycles. The van der Waals surface area contributed by atoms with E-state index in [2.05, 4.69) is 6.92 Å². The fourth-order valence-electron chi connectivity index (χ4n) is 4.57. The summed E-state index contributed by atoms with van der Waals surface area (Å²) in [4.78, 5) is 0. The molecule has 0 heterocycles. The molecule has 0 aromatic carbocycles. The van der Waals surface area contributed by atoms with Gasteiger partial charge in [0.05, 0.1) is 0 Å². The van der Waals surface area contributed by atoms with Gasteiger partial charge in [-0.2, -0.15) is 0 Å². The van der Waals surface area contributed by atoms with Crippen molar-refractivity contribution in [2.75, 3.05) is 13.3 Å². The van der Waals surface area contributed by atoms with E-state index in [1.54, 1.807) is 0 Å². The van der Waals surface area contributed by atoms with Crippen LogP contribution in [0, 0.1) is 0 Å². The molecule has 2 aliphatic carbocycles. The normalized spacial score (nSPS) is 26.0. The summed E-state index contributed by atoms with van der Waals surface area (Å²) in [5.74, 6) is 0. The topological polar surface area (TPSA) is 9.23 Å². The Morgan fingerprint density at radius 2 is 1.24 bits per heavy atom. The molecule has 0 radical (unpaired) electrons. The van der Waals surface area contributed by atoms with Crippen molar-refractivity contribution in [1.82, 2.24) is 0 Å². The van der Waals surface area contributed by atoms with Gasteiger partial charge in [-0.05, 0) is 0 Å². The van der Waals surface area contributed by atoms with Crippen LogP contribution in [-0.4, -0.2) is 24.6 Å². The monoisotopic (exact) mass is 258 g/mol. The van der Waals surface area contributed by atoms with Crippen LogP contribution < -0.4 is 0 Å². The van der Waals surface area contributed by atoms with E-state index in [1.807, 2.05) is 7.11 Å². The molecule has 0 saturated heterocycles. The Kier molecular flexibility index (Phi) is 5.30. The van der Waals surface area contributed by atoms with Gasteiger partial charge in [-0.25, -0.2) is 0 Å². The van der Waals surface area contributed by atoms with E-state index in [0.717, 1.165) is 11.3 Å². The van der Waals surface area contributed by atoms with Gasteiger partial charge in [-0.15, -0.1) is 0 Å². The molecule has 0 aliphatic heterocycles. The van der Waals surface area contributed by atoms with Crippen LogP contribution in [0.4, 0.5) is 0 Å². The average molecular weight is 258 g/mol. The van der Waals surface area contributed by atoms with Crippen molar-refractivity contribution in [2.45, 2.75) is 82.4 Å². The van der Waals surface area contributed by atoms with Crippen molar-refractivity contribution in [3.63, 3.8) is 0 Å². The molecule has 2 fully saturated rings. The van der Waals surface area contributed by atoms with Crippen molar-refractivity contribution >= 4 is 7.49 Å². The first kappa shape index (κ1) is 13.8. The predicted octanol–water partition coefficient (Wildman–Crippen LogP) is 4.98. The van der Waals surface area contributed by atoms with Crippen LogP contribution in [0.3, 0.4) is 0 Å². The Bertz CT molecular complexity index is 193. The molecule has 2 rings (SSSR count). The second kappa shape index (κ2) is 6.53. The fourth-order valence-corrected chi connectivity index (χ4v) is 10.1. The standard InChI is InChI=1S/C15H31OP/c1-3-17(16-2,14-10-6-4-7-11-14)15-12-8-5-9-13-15/h14-15,17H,3-13H2,1-2H3. The molecule has 0 spiro atoms. The van der Waals surface area contributed by atoms with Crippen molar-refractivity contribution in [2.24, 2.45) is 0 Å². The summed E-state index contributed by atoms with van der Waals surface area (Å²) < 4.78 is 6.30. The average Bonchev–Trinajstić information content (AvgIpc) is 2.43. The number of hydrogen-bond acceptors (Lipinski definition) is 1. The molecule has 0 amide bonds. The molecule has 102 valence electrons. The molecule has 0 aromatic rings. The summed E-state index contributed by atoms with van der Waals surface area (Å²) in [7, 11) is 0.599. The van der Waals surface area contributed by atoms with Crippen molar-refractivity contribution in [3.8, 4) is 0 Å². The third-order valence-electron chi connectivity index (χ3n) is 5.53. The molecule has 2 heteroatoms. The molecule has 0 bridgehead atoms. The third kappa shape index (κ3) is 2.87. The van der Waals surface area contributed by atoms with Gasteiger partial charge >= 0.3 is 108 Å². The van der Waals surface area contributed by atoms with Gasteiger partial charge in [0.2, 0.25) is 0 Å². The third-order valence-corrected chi connectivity index (χ3v) is 11.3. The Labute approximate surface area is 108 Å². The Hall–Kier alpha value is 0.390. The van der Waals surface area contributed by atoms with E-state index in [1.165, 1.54) is 70.4 Å². The van der Waals surface area contributed by atoms with E-state index < -0.39 is 7.49 Å². The van der Waals surface area contributed by atoms with Gasteiger partial charge in [-0.3, -0.25) is 0 Å². The molecule has 2 aliphatic rings. The van der Waals surface area contributed by atoms with Gasteiger partial charge in [0.1, 0.15) is 0 Å². The van der Waals surface area contributed by atoms with Crippen molar-refractivity contribution in [3.05, 3.63) is 0 Å². The van der Waals surface area contributed by atoms with E-state index in [9.17, 15) is 0 Å². The molecule has 0 N–H and O–H groups in total. The zero-order valence-electron chi connectivity index (χ0n) is 11.8. The van der Waals surface area contributed by atoms with E-state index >= 15 is 0 Å². The molecular weight excluding hydrogens is 227 g/mol. The molecule has 17 heavy (non-hydrogen) atoms. The van der Waals surface area contributed by atoms with Gasteiger partial charge in [-0.1, -0.05) is 0 Å². The first-order valence-electron chi connectivity index (χ1n) is 7.88. The van der Waals surface area contributed by atoms with Gasteiger partial charge in [0, 0.05) is 0 Å². The second-order valence-electron chi connectivity index (χ2n) is 6.18. The number of rotatable bonds is 4. The first-order valence-corrected chi connectivity index (χ1v) is 10.2. The Morgan fingerprint density at radius 3 is 1.53 bits per heavy atom. The van der Waals surface area contributed by atoms with Crippen LogP contribution >= 0.6 is 7.49 Å². The van der Waals surface area contributed by atoms with E-state index in [-0.39, 0.29) is 0 Å². The predicted molar refractivity (Wildman–Crippen MR) is 79.6 cm³/mol. The SMILES string of the molecule is CC[PH](OC)(C1CCCCC1)C1CCCCC1. The van der Waals surface area contributed by atoms with Crippen molar-refractivity contribution < 1.29 is 4.52 Å². The summed E-state index contributed by atoms with van der Waals surface area (Å²) in [6.07, 6.45) is 16.1. The van der Waals surface area contributed by atoms with E-state index in [0.29, 0.717) is 0 Å². The van der Waals surface area contributed by atoms with Crippen LogP contribution in [0.25, 0.3) is 0 Å². The van der Waals surface area contributed by atoms with Crippen LogP contribution in [0.5, 0.6) is 0 Å². The summed E-state index contributed by atoms with van der Waals surface area (Å²) in [5.41, 5.74) is 1.96. The summed E-state index contributed by atoms with van der Waals surface area (Å²) >= 11 is 0.